The molecule has 1 unspecified atom stereocenters. The molecule has 0 saturated heterocycles. The molecular formula is C16H19NO2S. The van der Waals surface area contributed by atoms with Crippen molar-refractivity contribution in [3.8, 4) is 0 Å². The van der Waals surface area contributed by atoms with Gasteiger partial charge in [-0.25, -0.2) is 8.42 Å². The number of nitrogens with two attached hydrogens (primary N) is 1. The van der Waals surface area contributed by atoms with Gasteiger partial charge in [-0.2, -0.15) is 0 Å². The van der Waals surface area contributed by atoms with Crippen molar-refractivity contribution in [1.82, 2.24) is 0 Å². The van der Waals surface area contributed by atoms with Crippen LogP contribution in [0.5, 0.6) is 0 Å². The van der Waals surface area contributed by atoms with E-state index >= 15 is 0 Å². The zero-order valence-corrected chi connectivity index (χ0v) is 12.5. The lowest BCUT2D eigenvalue weighted by atomic mass is 9.99. The topological polar surface area (TPSA) is 60.2 Å². The Morgan fingerprint density at radius 1 is 1.00 bits per heavy atom. The maximum atomic E-state index is 11.4. The Balaban J connectivity index is 2.13. The van der Waals surface area contributed by atoms with Gasteiger partial charge in [0.2, 0.25) is 0 Å². The van der Waals surface area contributed by atoms with Crippen molar-refractivity contribution in [3.63, 3.8) is 0 Å². The zero-order chi connectivity index (χ0) is 14.8. The Morgan fingerprint density at radius 3 is 2.05 bits per heavy atom. The van der Waals surface area contributed by atoms with Gasteiger partial charge in [0, 0.05) is 12.3 Å². The van der Waals surface area contributed by atoms with E-state index < -0.39 is 9.84 Å². The molecule has 0 radical (unpaired) electrons. The van der Waals surface area contributed by atoms with Crippen molar-refractivity contribution in [1.29, 1.82) is 0 Å². The van der Waals surface area contributed by atoms with Gasteiger partial charge in [-0.15, -0.1) is 0 Å². The molecule has 0 heterocycles. The molecule has 0 bridgehead atoms. The summed E-state index contributed by atoms with van der Waals surface area (Å²) in [5.74, 6) is 0. The number of hydrogen-bond donors (Lipinski definition) is 1. The van der Waals surface area contributed by atoms with E-state index in [1.165, 1.54) is 17.4 Å². The highest BCUT2D eigenvalue weighted by Gasteiger charge is 2.10. The van der Waals surface area contributed by atoms with Crippen LogP contribution in [0.1, 0.15) is 22.7 Å². The second-order valence-corrected chi connectivity index (χ2v) is 7.15. The fourth-order valence-corrected chi connectivity index (χ4v) is 2.69. The van der Waals surface area contributed by atoms with E-state index in [-0.39, 0.29) is 6.04 Å². The van der Waals surface area contributed by atoms with E-state index in [9.17, 15) is 8.42 Å². The van der Waals surface area contributed by atoms with Crippen molar-refractivity contribution in [2.24, 2.45) is 5.73 Å². The molecule has 2 aromatic rings. The van der Waals surface area contributed by atoms with Crippen molar-refractivity contribution in [3.05, 3.63) is 65.2 Å². The monoisotopic (exact) mass is 289 g/mol. The molecule has 20 heavy (non-hydrogen) atoms. The van der Waals surface area contributed by atoms with Crippen molar-refractivity contribution in [2.75, 3.05) is 6.26 Å². The lowest BCUT2D eigenvalue weighted by molar-refractivity contribution is 0.601. The van der Waals surface area contributed by atoms with Crippen molar-refractivity contribution in [2.45, 2.75) is 24.3 Å². The van der Waals surface area contributed by atoms with Gasteiger partial charge in [0.15, 0.2) is 9.84 Å². The highest BCUT2D eigenvalue weighted by molar-refractivity contribution is 7.90. The van der Waals surface area contributed by atoms with Gasteiger partial charge in [0.05, 0.1) is 4.90 Å². The van der Waals surface area contributed by atoms with Crippen LogP contribution in [0.25, 0.3) is 0 Å². The third kappa shape index (κ3) is 3.68. The average molecular weight is 289 g/mol. The van der Waals surface area contributed by atoms with Crippen LogP contribution in [0.3, 0.4) is 0 Å². The van der Waals surface area contributed by atoms with Gasteiger partial charge >= 0.3 is 0 Å². The van der Waals surface area contributed by atoms with Crippen LogP contribution < -0.4 is 5.73 Å². The Kier molecular flexibility index (Phi) is 4.26. The number of rotatable bonds is 4. The summed E-state index contributed by atoms with van der Waals surface area (Å²) < 4.78 is 22.8. The van der Waals surface area contributed by atoms with Gasteiger partial charge in [0.1, 0.15) is 0 Å². The molecule has 0 saturated carbocycles. The van der Waals surface area contributed by atoms with E-state index in [0.29, 0.717) is 4.90 Å². The molecule has 0 aliphatic heterocycles. The first-order valence-corrected chi connectivity index (χ1v) is 8.36. The fraction of sp³-hybridized carbons (Fsp3) is 0.250. The van der Waals surface area contributed by atoms with Crippen molar-refractivity contribution >= 4 is 9.84 Å². The smallest absolute Gasteiger partial charge is 0.175 e. The van der Waals surface area contributed by atoms with Crippen LogP contribution in [0, 0.1) is 6.92 Å². The van der Waals surface area contributed by atoms with Gasteiger partial charge in [-0.05, 0) is 36.6 Å². The summed E-state index contributed by atoms with van der Waals surface area (Å²) in [5, 5.41) is 0. The second kappa shape index (κ2) is 5.77. The van der Waals surface area contributed by atoms with Gasteiger partial charge in [-0.3, -0.25) is 0 Å². The highest BCUT2D eigenvalue weighted by atomic mass is 32.2. The lowest BCUT2D eigenvalue weighted by Crippen LogP contribution is -2.13. The molecule has 1 atom stereocenters. The van der Waals surface area contributed by atoms with E-state index in [1.54, 1.807) is 24.3 Å². The minimum Gasteiger partial charge on any atom is -0.324 e. The predicted molar refractivity (Wildman–Crippen MR) is 81.4 cm³/mol. The predicted octanol–water partition coefficient (Wildman–Crippen LogP) is 2.64. The van der Waals surface area contributed by atoms with Crippen LogP contribution in [-0.4, -0.2) is 14.7 Å². The first kappa shape index (κ1) is 14.8. The quantitative estimate of drug-likeness (QED) is 0.941. The number of hydrogen-bond acceptors (Lipinski definition) is 3. The summed E-state index contributed by atoms with van der Waals surface area (Å²) in [4.78, 5) is 0.323. The summed E-state index contributed by atoms with van der Waals surface area (Å²) >= 11 is 0. The molecule has 0 aliphatic carbocycles. The largest absolute Gasteiger partial charge is 0.324 e. The molecule has 4 heteroatoms. The third-order valence-electron chi connectivity index (χ3n) is 3.31. The van der Waals surface area contributed by atoms with E-state index in [2.05, 4.69) is 24.3 Å². The number of sulfone groups is 1. The molecule has 2 rings (SSSR count). The van der Waals surface area contributed by atoms with Gasteiger partial charge in [-0.1, -0.05) is 42.0 Å². The first-order valence-electron chi connectivity index (χ1n) is 6.47. The third-order valence-corrected chi connectivity index (χ3v) is 4.44. The summed E-state index contributed by atoms with van der Waals surface area (Å²) in [6.07, 6.45) is 1.94. The summed E-state index contributed by atoms with van der Waals surface area (Å²) in [7, 11) is -3.15. The van der Waals surface area contributed by atoms with E-state index in [0.717, 1.165) is 12.0 Å². The minimum atomic E-state index is -3.15. The van der Waals surface area contributed by atoms with Crippen LogP contribution >= 0.6 is 0 Å². The van der Waals surface area contributed by atoms with Gasteiger partial charge < -0.3 is 5.73 Å². The molecule has 0 aliphatic rings. The maximum absolute atomic E-state index is 11.4. The van der Waals surface area contributed by atoms with Crippen LogP contribution in [0.4, 0.5) is 0 Å². The molecular weight excluding hydrogens is 270 g/mol. The molecule has 3 nitrogen and oxygen atoms in total. The Labute approximate surface area is 120 Å². The molecule has 0 aromatic heterocycles. The van der Waals surface area contributed by atoms with Gasteiger partial charge in [0.25, 0.3) is 0 Å². The normalized spacial score (nSPS) is 13.2. The summed E-state index contributed by atoms with van der Waals surface area (Å²) in [6, 6.07) is 14.9. The second-order valence-electron chi connectivity index (χ2n) is 5.14. The van der Waals surface area contributed by atoms with Crippen LogP contribution in [-0.2, 0) is 16.3 Å². The van der Waals surface area contributed by atoms with E-state index in [1.807, 2.05) is 6.92 Å². The minimum absolute atomic E-state index is 0.133. The lowest BCUT2D eigenvalue weighted by Gasteiger charge is -2.13. The van der Waals surface area contributed by atoms with E-state index in [4.69, 9.17) is 5.73 Å². The molecule has 2 aromatic carbocycles. The molecule has 0 spiro atoms. The molecule has 2 N–H and O–H groups in total. The molecule has 106 valence electrons. The average Bonchev–Trinajstić information content (AvgIpc) is 2.40. The Bertz CT molecular complexity index is 673. The van der Waals surface area contributed by atoms with Crippen LogP contribution in [0.2, 0.25) is 0 Å². The summed E-state index contributed by atoms with van der Waals surface area (Å²) in [6.45, 7) is 2.05. The van der Waals surface area contributed by atoms with Crippen LogP contribution in [0.15, 0.2) is 53.4 Å². The molecule has 0 amide bonds. The Morgan fingerprint density at radius 2 is 1.55 bits per heavy atom. The standard InChI is InChI=1S/C16H19NO2S/c1-12-3-5-13(6-4-12)11-16(17)14-7-9-15(10-8-14)20(2,18)19/h3-10,16H,11,17H2,1-2H3. The number of aryl methyl sites for hydroxylation is 1. The summed E-state index contributed by atoms with van der Waals surface area (Å²) in [5.41, 5.74) is 9.52. The van der Waals surface area contributed by atoms with Crippen molar-refractivity contribution < 1.29 is 8.42 Å². The fourth-order valence-electron chi connectivity index (χ4n) is 2.06. The molecule has 0 fully saturated rings. The SMILES string of the molecule is Cc1ccc(CC(N)c2ccc(S(C)(=O)=O)cc2)cc1. The maximum Gasteiger partial charge on any atom is 0.175 e. The first-order chi connectivity index (χ1) is 9.36. The zero-order valence-electron chi connectivity index (χ0n) is 11.7. The Hall–Kier alpha value is -1.65. The highest BCUT2D eigenvalue weighted by Crippen LogP contribution is 2.18. The number of benzene rings is 2.